The van der Waals surface area contributed by atoms with E-state index in [1.54, 1.807) is 0 Å². The van der Waals surface area contributed by atoms with Gasteiger partial charge in [0.15, 0.2) is 0 Å². The van der Waals surface area contributed by atoms with Gasteiger partial charge in [0.1, 0.15) is 0 Å². The van der Waals surface area contributed by atoms with Crippen molar-refractivity contribution < 1.29 is 4.74 Å². The molecule has 1 N–H and O–H groups in total. The van der Waals surface area contributed by atoms with Gasteiger partial charge in [-0.2, -0.15) is 0 Å². The molecule has 18 heavy (non-hydrogen) atoms. The molecule has 5 rings (SSSR count). The lowest BCUT2D eigenvalue weighted by molar-refractivity contribution is -0.189. The summed E-state index contributed by atoms with van der Waals surface area (Å²) in [6.07, 6.45) is 13.1. The van der Waals surface area contributed by atoms with Crippen LogP contribution in [0.4, 0.5) is 0 Å². The van der Waals surface area contributed by atoms with Gasteiger partial charge in [0, 0.05) is 0 Å². The summed E-state index contributed by atoms with van der Waals surface area (Å²) in [6, 6.07) is 0. The van der Waals surface area contributed by atoms with Gasteiger partial charge < -0.3 is 10.1 Å². The quantitative estimate of drug-likeness (QED) is 0.812. The summed E-state index contributed by atoms with van der Waals surface area (Å²) in [5.74, 6) is 3.04. The lowest BCUT2D eigenvalue weighted by Gasteiger charge is -2.57. The van der Waals surface area contributed by atoms with Crippen LogP contribution in [0.5, 0.6) is 0 Å². The number of hydrogen-bond donors (Lipinski definition) is 1. The first-order valence-corrected chi connectivity index (χ1v) is 8.20. The highest BCUT2D eigenvalue weighted by molar-refractivity contribution is 5.03. The summed E-state index contributed by atoms with van der Waals surface area (Å²) in [7, 11) is 0. The van der Waals surface area contributed by atoms with E-state index in [-0.39, 0.29) is 0 Å². The van der Waals surface area contributed by atoms with Crippen LogP contribution in [0.25, 0.3) is 0 Å². The van der Waals surface area contributed by atoms with E-state index in [4.69, 9.17) is 4.74 Å². The van der Waals surface area contributed by atoms with Crippen molar-refractivity contribution >= 4 is 0 Å². The minimum atomic E-state index is 0.323. The van der Waals surface area contributed by atoms with Gasteiger partial charge in [-0.3, -0.25) is 0 Å². The van der Waals surface area contributed by atoms with Gasteiger partial charge in [0.05, 0.1) is 11.7 Å². The predicted octanol–water partition coefficient (Wildman–Crippen LogP) is 3.11. The zero-order valence-corrected chi connectivity index (χ0v) is 11.5. The average molecular weight is 249 g/mol. The van der Waals surface area contributed by atoms with E-state index in [2.05, 4.69) is 5.32 Å². The molecule has 0 radical (unpaired) electrons. The first kappa shape index (κ1) is 11.7. The minimum Gasteiger partial charge on any atom is -0.372 e. The standard InChI is InChI=1S/C16H27NO/c1-2-15(3-5-17-4-1)18-16-9-12-6-13(10-16)8-14(7-12)11-16/h12-15,17H,1-11H2. The molecular weight excluding hydrogens is 222 g/mol. The smallest absolute Gasteiger partial charge is 0.0694 e. The molecule has 0 aromatic rings. The monoisotopic (exact) mass is 249 g/mol. The maximum Gasteiger partial charge on any atom is 0.0694 e. The zero-order valence-electron chi connectivity index (χ0n) is 11.5. The van der Waals surface area contributed by atoms with Crippen molar-refractivity contribution in [2.45, 2.75) is 69.5 Å². The summed E-state index contributed by atoms with van der Waals surface area (Å²) >= 11 is 0. The summed E-state index contributed by atoms with van der Waals surface area (Å²) < 4.78 is 6.73. The third-order valence-corrected chi connectivity index (χ3v) is 5.92. The second-order valence-electron chi connectivity index (χ2n) is 7.52. The molecule has 0 aromatic heterocycles. The lowest BCUT2D eigenvalue weighted by Crippen LogP contribution is -2.53. The molecule has 4 aliphatic carbocycles. The largest absolute Gasteiger partial charge is 0.372 e. The Bertz CT molecular complexity index is 271. The second kappa shape index (κ2) is 4.49. The molecule has 4 bridgehead atoms. The summed E-state index contributed by atoms with van der Waals surface area (Å²) in [5.41, 5.74) is 0.323. The first-order valence-electron chi connectivity index (χ1n) is 8.20. The van der Waals surface area contributed by atoms with Crippen LogP contribution < -0.4 is 5.32 Å². The fourth-order valence-electron chi connectivity index (χ4n) is 5.63. The van der Waals surface area contributed by atoms with Crippen molar-refractivity contribution in [3.8, 4) is 0 Å². The molecule has 1 unspecified atom stereocenters. The Hall–Kier alpha value is -0.0800. The molecule has 2 nitrogen and oxygen atoms in total. The van der Waals surface area contributed by atoms with Crippen LogP contribution in [-0.2, 0) is 4.74 Å². The van der Waals surface area contributed by atoms with Crippen molar-refractivity contribution in [2.75, 3.05) is 13.1 Å². The van der Waals surface area contributed by atoms with Gasteiger partial charge in [-0.1, -0.05) is 0 Å². The third kappa shape index (κ3) is 2.12. The van der Waals surface area contributed by atoms with Crippen molar-refractivity contribution in [1.29, 1.82) is 0 Å². The highest BCUT2D eigenvalue weighted by Crippen LogP contribution is 2.57. The molecule has 4 saturated carbocycles. The molecule has 0 amide bonds. The van der Waals surface area contributed by atoms with Crippen LogP contribution in [0, 0.1) is 17.8 Å². The Morgan fingerprint density at radius 2 is 1.50 bits per heavy atom. The molecule has 2 heteroatoms. The Morgan fingerprint density at radius 3 is 2.17 bits per heavy atom. The number of ether oxygens (including phenoxy) is 1. The van der Waals surface area contributed by atoms with E-state index in [1.807, 2.05) is 0 Å². The highest BCUT2D eigenvalue weighted by Gasteiger charge is 2.52. The molecule has 5 aliphatic rings. The summed E-state index contributed by atoms with van der Waals surface area (Å²) in [4.78, 5) is 0. The van der Waals surface area contributed by atoms with Gasteiger partial charge in [-0.25, -0.2) is 0 Å². The molecule has 1 heterocycles. The summed E-state index contributed by atoms with van der Waals surface area (Å²) in [6.45, 7) is 2.36. The fraction of sp³-hybridized carbons (Fsp3) is 1.00. The zero-order chi connectivity index (χ0) is 12.0. The Kier molecular flexibility index (Phi) is 2.92. The number of nitrogens with one attached hydrogen (secondary N) is 1. The van der Waals surface area contributed by atoms with Gasteiger partial charge in [0.2, 0.25) is 0 Å². The molecule has 5 fully saturated rings. The SMILES string of the molecule is C1CNCCC(OC23CC4CC(CC(C4)C2)C3)C1. The first-order chi connectivity index (χ1) is 8.81. The van der Waals surface area contributed by atoms with E-state index >= 15 is 0 Å². The predicted molar refractivity (Wildman–Crippen MR) is 72.5 cm³/mol. The molecular formula is C16H27NO. The summed E-state index contributed by atoms with van der Waals surface area (Å²) in [5, 5.41) is 3.51. The van der Waals surface area contributed by atoms with Crippen molar-refractivity contribution in [2.24, 2.45) is 17.8 Å². The van der Waals surface area contributed by atoms with E-state index < -0.39 is 0 Å². The van der Waals surface area contributed by atoms with Crippen molar-refractivity contribution in [3.63, 3.8) is 0 Å². The lowest BCUT2D eigenvalue weighted by atomic mass is 9.54. The van der Waals surface area contributed by atoms with Gasteiger partial charge >= 0.3 is 0 Å². The van der Waals surface area contributed by atoms with Crippen LogP contribution in [0.3, 0.4) is 0 Å². The van der Waals surface area contributed by atoms with E-state index in [1.165, 1.54) is 64.3 Å². The fourth-order valence-corrected chi connectivity index (χ4v) is 5.63. The normalized spacial score (nSPS) is 51.3. The van der Waals surface area contributed by atoms with Gasteiger partial charge in [-0.05, 0) is 88.6 Å². The maximum absolute atomic E-state index is 6.73. The Balaban J connectivity index is 1.46. The van der Waals surface area contributed by atoms with Crippen molar-refractivity contribution in [1.82, 2.24) is 5.32 Å². The third-order valence-electron chi connectivity index (χ3n) is 5.92. The molecule has 0 spiro atoms. The van der Waals surface area contributed by atoms with Crippen LogP contribution in [-0.4, -0.2) is 24.8 Å². The van der Waals surface area contributed by atoms with Crippen LogP contribution >= 0.6 is 0 Å². The van der Waals surface area contributed by atoms with Crippen LogP contribution in [0.1, 0.15) is 57.8 Å². The average Bonchev–Trinajstić information content (AvgIpc) is 2.55. The number of rotatable bonds is 2. The Morgan fingerprint density at radius 1 is 0.833 bits per heavy atom. The molecule has 1 atom stereocenters. The molecule has 1 aliphatic heterocycles. The van der Waals surface area contributed by atoms with Gasteiger partial charge in [-0.15, -0.1) is 0 Å². The minimum absolute atomic E-state index is 0.323. The highest BCUT2D eigenvalue weighted by atomic mass is 16.5. The van der Waals surface area contributed by atoms with E-state index in [9.17, 15) is 0 Å². The Labute approximate surface area is 111 Å². The molecule has 1 saturated heterocycles. The maximum atomic E-state index is 6.73. The molecule has 102 valence electrons. The van der Waals surface area contributed by atoms with Crippen LogP contribution in [0.15, 0.2) is 0 Å². The number of hydrogen-bond acceptors (Lipinski definition) is 2. The van der Waals surface area contributed by atoms with Gasteiger partial charge in [0.25, 0.3) is 0 Å². The van der Waals surface area contributed by atoms with Crippen molar-refractivity contribution in [3.05, 3.63) is 0 Å². The topological polar surface area (TPSA) is 21.3 Å². The van der Waals surface area contributed by atoms with E-state index in [0.29, 0.717) is 11.7 Å². The second-order valence-corrected chi connectivity index (χ2v) is 7.52. The van der Waals surface area contributed by atoms with E-state index in [0.717, 1.165) is 24.3 Å². The van der Waals surface area contributed by atoms with Crippen LogP contribution in [0.2, 0.25) is 0 Å². The molecule has 0 aromatic carbocycles.